The van der Waals surface area contributed by atoms with E-state index in [2.05, 4.69) is 25.3 Å². The van der Waals surface area contributed by atoms with Crippen LogP contribution in [0.3, 0.4) is 0 Å². The van der Waals surface area contributed by atoms with Crippen LogP contribution in [0.2, 0.25) is 0 Å². The van der Waals surface area contributed by atoms with Gasteiger partial charge >= 0.3 is 0 Å². The molecule has 3 rings (SSSR count). The highest BCUT2D eigenvalue weighted by atomic mass is 16.5. The molecule has 8 nitrogen and oxygen atoms in total. The van der Waals surface area contributed by atoms with Gasteiger partial charge < -0.3 is 15.8 Å². The van der Waals surface area contributed by atoms with Crippen molar-refractivity contribution in [2.24, 2.45) is 0 Å². The lowest BCUT2D eigenvalue weighted by Gasteiger charge is -2.26. The lowest BCUT2D eigenvalue weighted by molar-refractivity contribution is 0.0398. The maximum atomic E-state index is 6.11. The summed E-state index contributed by atoms with van der Waals surface area (Å²) in [6.45, 7) is 5.26. The van der Waals surface area contributed by atoms with Crippen molar-refractivity contribution in [3.05, 3.63) is 24.8 Å². The summed E-state index contributed by atoms with van der Waals surface area (Å²) >= 11 is 0. The lowest BCUT2D eigenvalue weighted by atomic mass is 10.4. The standard InChI is InChI=1S/C13H19N7O/c14-11-12(15-3-5-19-6-8-21-9-7-19)16-10-17-13(11)20-4-1-2-18-20/h1-2,4,10H,3,5-9,14H2,(H,15,16,17). The summed E-state index contributed by atoms with van der Waals surface area (Å²) in [5.74, 6) is 1.23. The molecular formula is C13H19N7O. The van der Waals surface area contributed by atoms with E-state index < -0.39 is 0 Å². The highest BCUT2D eigenvalue weighted by Gasteiger charge is 2.12. The molecule has 2 aromatic heterocycles. The van der Waals surface area contributed by atoms with E-state index in [1.54, 1.807) is 17.1 Å². The average Bonchev–Trinajstić information content (AvgIpc) is 3.04. The smallest absolute Gasteiger partial charge is 0.181 e. The molecule has 1 aliphatic rings. The van der Waals surface area contributed by atoms with Gasteiger partial charge in [-0.2, -0.15) is 5.10 Å². The van der Waals surface area contributed by atoms with Gasteiger partial charge in [-0.25, -0.2) is 14.6 Å². The van der Waals surface area contributed by atoms with E-state index in [1.165, 1.54) is 6.33 Å². The van der Waals surface area contributed by atoms with E-state index in [0.717, 1.165) is 39.4 Å². The Kier molecular flexibility index (Phi) is 4.27. The predicted molar refractivity (Wildman–Crippen MR) is 79.3 cm³/mol. The molecule has 0 unspecified atom stereocenters. The van der Waals surface area contributed by atoms with Gasteiger partial charge in [-0.1, -0.05) is 0 Å². The van der Waals surface area contributed by atoms with Gasteiger partial charge in [-0.05, 0) is 6.07 Å². The molecule has 0 radical (unpaired) electrons. The Morgan fingerprint density at radius 3 is 2.90 bits per heavy atom. The summed E-state index contributed by atoms with van der Waals surface area (Å²) < 4.78 is 6.96. The van der Waals surface area contributed by atoms with Crippen LogP contribution < -0.4 is 11.1 Å². The molecule has 1 fully saturated rings. The van der Waals surface area contributed by atoms with Crippen LogP contribution in [0.4, 0.5) is 11.5 Å². The van der Waals surface area contributed by atoms with Crippen LogP contribution in [-0.2, 0) is 4.74 Å². The van der Waals surface area contributed by atoms with E-state index in [1.807, 2.05) is 6.07 Å². The Morgan fingerprint density at radius 2 is 2.14 bits per heavy atom. The minimum absolute atomic E-state index is 0.503. The Balaban J connectivity index is 1.61. The zero-order valence-electron chi connectivity index (χ0n) is 11.8. The van der Waals surface area contributed by atoms with E-state index in [0.29, 0.717) is 17.3 Å². The zero-order valence-corrected chi connectivity index (χ0v) is 11.8. The highest BCUT2D eigenvalue weighted by molar-refractivity contribution is 5.68. The number of ether oxygens (including phenoxy) is 1. The van der Waals surface area contributed by atoms with Crippen molar-refractivity contribution >= 4 is 11.5 Å². The quantitative estimate of drug-likeness (QED) is 0.799. The van der Waals surface area contributed by atoms with Gasteiger partial charge in [0.1, 0.15) is 12.0 Å². The highest BCUT2D eigenvalue weighted by Crippen LogP contribution is 2.20. The molecule has 21 heavy (non-hydrogen) atoms. The van der Waals surface area contributed by atoms with E-state index >= 15 is 0 Å². The first-order valence-electron chi connectivity index (χ1n) is 6.99. The van der Waals surface area contributed by atoms with Crippen molar-refractivity contribution in [2.75, 3.05) is 50.4 Å². The van der Waals surface area contributed by atoms with Crippen LogP contribution in [-0.4, -0.2) is 64.0 Å². The summed E-state index contributed by atoms with van der Waals surface area (Å²) in [6, 6.07) is 1.83. The minimum Gasteiger partial charge on any atom is -0.393 e. The number of anilines is 2. The topological polar surface area (TPSA) is 94.1 Å². The summed E-state index contributed by atoms with van der Waals surface area (Å²) in [7, 11) is 0. The molecule has 8 heteroatoms. The van der Waals surface area contributed by atoms with Crippen molar-refractivity contribution in [1.29, 1.82) is 0 Å². The molecule has 0 atom stereocenters. The Morgan fingerprint density at radius 1 is 1.29 bits per heavy atom. The van der Waals surface area contributed by atoms with Gasteiger partial charge in [0.2, 0.25) is 0 Å². The van der Waals surface area contributed by atoms with Crippen molar-refractivity contribution < 1.29 is 4.74 Å². The van der Waals surface area contributed by atoms with Gasteiger partial charge in [-0.3, -0.25) is 4.90 Å². The Labute approximate surface area is 122 Å². The van der Waals surface area contributed by atoms with Gasteiger partial charge in [0.05, 0.1) is 13.2 Å². The van der Waals surface area contributed by atoms with Gasteiger partial charge in [0.25, 0.3) is 0 Å². The van der Waals surface area contributed by atoms with E-state index in [-0.39, 0.29) is 0 Å². The number of hydrogen-bond donors (Lipinski definition) is 2. The van der Waals surface area contributed by atoms with Crippen molar-refractivity contribution in [3.63, 3.8) is 0 Å². The number of nitrogens with one attached hydrogen (secondary N) is 1. The van der Waals surface area contributed by atoms with Crippen molar-refractivity contribution in [3.8, 4) is 5.82 Å². The molecule has 0 aromatic carbocycles. The third-order valence-corrected chi connectivity index (χ3v) is 3.41. The second kappa shape index (κ2) is 6.51. The molecule has 3 N–H and O–H groups in total. The molecule has 0 spiro atoms. The SMILES string of the molecule is Nc1c(NCCN2CCOCC2)ncnc1-n1cccn1. The Hall–Kier alpha value is -2.19. The van der Waals surface area contributed by atoms with Gasteiger partial charge in [0, 0.05) is 38.6 Å². The van der Waals surface area contributed by atoms with Gasteiger partial charge in [0.15, 0.2) is 11.6 Å². The maximum absolute atomic E-state index is 6.11. The molecule has 1 saturated heterocycles. The molecule has 0 aliphatic carbocycles. The summed E-state index contributed by atoms with van der Waals surface area (Å²) in [5, 5.41) is 7.40. The number of rotatable bonds is 5. The van der Waals surface area contributed by atoms with Gasteiger partial charge in [-0.15, -0.1) is 0 Å². The molecule has 3 heterocycles. The summed E-state index contributed by atoms with van der Waals surface area (Å²) in [5.41, 5.74) is 6.61. The van der Waals surface area contributed by atoms with Crippen molar-refractivity contribution in [2.45, 2.75) is 0 Å². The number of nitrogens with zero attached hydrogens (tertiary/aromatic N) is 5. The largest absolute Gasteiger partial charge is 0.393 e. The predicted octanol–water partition coefficient (Wildman–Crippen LogP) is -0.0114. The maximum Gasteiger partial charge on any atom is 0.181 e. The first kappa shape index (κ1) is 13.8. The number of nitrogen functional groups attached to an aromatic ring is 1. The third kappa shape index (κ3) is 3.29. The van der Waals surface area contributed by atoms with Crippen LogP contribution >= 0.6 is 0 Å². The fourth-order valence-electron chi connectivity index (χ4n) is 2.26. The first-order chi connectivity index (χ1) is 10.3. The monoisotopic (exact) mass is 289 g/mol. The molecule has 0 bridgehead atoms. The third-order valence-electron chi connectivity index (χ3n) is 3.41. The fourth-order valence-corrected chi connectivity index (χ4v) is 2.26. The van der Waals surface area contributed by atoms with Crippen molar-refractivity contribution in [1.82, 2.24) is 24.6 Å². The molecule has 2 aromatic rings. The average molecular weight is 289 g/mol. The normalized spacial score (nSPS) is 16.0. The Bertz CT molecular complexity index is 566. The zero-order chi connectivity index (χ0) is 14.5. The van der Waals surface area contributed by atoms with Crippen LogP contribution in [0.25, 0.3) is 5.82 Å². The summed E-state index contributed by atoms with van der Waals surface area (Å²) in [6.07, 6.45) is 4.98. The first-order valence-corrected chi connectivity index (χ1v) is 6.99. The molecular weight excluding hydrogens is 270 g/mol. The fraction of sp³-hybridized carbons (Fsp3) is 0.462. The second-order valence-corrected chi connectivity index (χ2v) is 4.79. The van der Waals surface area contributed by atoms with Crippen LogP contribution in [0.5, 0.6) is 0 Å². The lowest BCUT2D eigenvalue weighted by Crippen LogP contribution is -2.39. The second-order valence-electron chi connectivity index (χ2n) is 4.79. The number of nitrogens with two attached hydrogens (primary N) is 1. The van der Waals surface area contributed by atoms with E-state index in [4.69, 9.17) is 10.5 Å². The molecule has 1 aliphatic heterocycles. The molecule has 0 amide bonds. The van der Waals surface area contributed by atoms with Crippen LogP contribution in [0.15, 0.2) is 24.8 Å². The minimum atomic E-state index is 0.503. The van der Waals surface area contributed by atoms with Crippen LogP contribution in [0, 0.1) is 0 Å². The van der Waals surface area contributed by atoms with E-state index in [9.17, 15) is 0 Å². The summed E-state index contributed by atoms with van der Waals surface area (Å²) in [4.78, 5) is 10.7. The number of aromatic nitrogens is 4. The molecule has 0 saturated carbocycles. The number of morpholine rings is 1. The van der Waals surface area contributed by atoms with Crippen LogP contribution in [0.1, 0.15) is 0 Å². The molecule has 112 valence electrons. The number of hydrogen-bond acceptors (Lipinski definition) is 7.